The van der Waals surface area contributed by atoms with Crippen LogP contribution in [0.2, 0.25) is 0 Å². The molecule has 0 bridgehead atoms. The van der Waals surface area contributed by atoms with Gasteiger partial charge in [-0.3, -0.25) is 20.2 Å². The summed E-state index contributed by atoms with van der Waals surface area (Å²) in [6, 6.07) is 4.57. The molecule has 0 aromatic heterocycles. The molecule has 1 atom stereocenters. The van der Waals surface area contributed by atoms with Crippen LogP contribution in [0.25, 0.3) is 6.08 Å². The molecule has 1 aromatic carbocycles. The predicted molar refractivity (Wildman–Crippen MR) is 89.6 cm³/mol. The zero-order valence-electron chi connectivity index (χ0n) is 13.5. The fourth-order valence-electron chi connectivity index (χ4n) is 1.99. The minimum atomic E-state index is -1.36. The van der Waals surface area contributed by atoms with Gasteiger partial charge < -0.3 is 19.4 Å². The topological polar surface area (TPSA) is 117 Å². The molecular weight excluding hydrogens is 348 g/mol. The van der Waals surface area contributed by atoms with Gasteiger partial charge in [0.1, 0.15) is 11.7 Å². The highest BCUT2D eigenvalue weighted by molar-refractivity contribution is 7.80. The molecule has 2 rings (SSSR count). The third-order valence-electron chi connectivity index (χ3n) is 3.16. The van der Waals surface area contributed by atoms with E-state index in [1.54, 1.807) is 13.0 Å². The minimum Gasteiger partial charge on any atom is -0.546 e. The summed E-state index contributed by atoms with van der Waals surface area (Å²) >= 11 is 4.73. The first kappa shape index (κ1) is 18.4. The van der Waals surface area contributed by atoms with Gasteiger partial charge in [-0.1, -0.05) is 6.07 Å². The van der Waals surface area contributed by atoms with Crippen molar-refractivity contribution < 1.29 is 29.0 Å². The summed E-state index contributed by atoms with van der Waals surface area (Å²) in [7, 11) is 0. The molecule has 132 valence electrons. The highest BCUT2D eigenvalue weighted by Gasteiger charge is 2.25. The van der Waals surface area contributed by atoms with Crippen molar-refractivity contribution in [2.45, 2.75) is 20.0 Å². The van der Waals surface area contributed by atoms with E-state index < -0.39 is 23.9 Å². The lowest BCUT2D eigenvalue weighted by Crippen LogP contribution is -2.51. The second kappa shape index (κ2) is 7.75. The summed E-state index contributed by atoms with van der Waals surface area (Å²) in [4.78, 5) is 34.5. The van der Waals surface area contributed by atoms with E-state index in [0.29, 0.717) is 12.2 Å². The summed E-state index contributed by atoms with van der Waals surface area (Å²) in [5, 5.41) is 15.4. The number of amides is 2. The molecule has 1 aliphatic heterocycles. The van der Waals surface area contributed by atoms with Gasteiger partial charge in [-0.25, -0.2) is 0 Å². The van der Waals surface area contributed by atoms with Gasteiger partial charge in [0, 0.05) is 0 Å². The lowest BCUT2D eigenvalue weighted by Gasteiger charge is -2.19. The van der Waals surface area contributed by atoms with Crippen molar-refractivity contribution in [2.75, 3.05) is 6.61 Å². The Morgan fingerprint density at radius 1 is 1.28 bits per heavy atom. The Kier molecular flexibility index (Phi) is 5.71. The van der Waals surface area contributed by atoms with Crippen LogP contribution in [0.15, 0.2) is 23.8 Å². The number of hydrogen-bond acceptors (Lipinski definition) is 7. The van der Waals surface area contributed by atoms with E-state index in [1.807, 2.05) is 0 Å². The minimum absolute atomic E-state index is 0.0535. The maximum atomic E-state index is 11.9. The highest BCUT2D eigenvalue weighted by atomic mass is 32.1. The number of carboxylic acid groups (broad SMARTS) is 1. The number of ether oxygens (including phenoxy) is 2. The number of aliphatic carboxylic acids is 1. The molecule has 0 saturated carbocycles. The largest absolute Gasteiger partial charge is 0.546 e. The molecule has 2 amide bonds. The summed E-state index contributed by atoms with van der Waals surface area (Å²) in [5.74, 6) is -2.10. The first-order chi connectivity index (χ1) is 11.8. The fourth-order valence-corrected chi connectivity index (χ4v) is 2.18. The van der Waals surface area contributed by atoms with Crippen LogP contribution in [-0.4, -0.2) is 35.6 Å². The maximum Gasteiger partial charge on any atom is 0.263 e. The molecule has 8 nitrogen and oxygen atoms in total. The van der Waals surface area contributed by atoms with Crippen LogP contribution in [0, 0.1) is 0 Å². The van der Waals surface area contributed by atoms with E-state index in [1.165, 1.54) is 25.1 Å². The van der Waals surface area contributed by atoms with Crippen molar-refractivity contribution >= 4 is 41.2 Å². The summed E-state index contributed by atoms with van der Waals surface area (Å²) in [6.45, 7) is 3.39. The Bertz CT molecular complexity index is 752. The lowest BCUT2D eigenvalue weighted by atomic mass is 10.1. The quantitative estimate of drug-likeness (QED) is 0.398. The van der Waals surface area contributed by atoms with Gasteiger partial charge in [-0.05, 0) is 49.8 Å². The van der Waals surface area contributed by atoms with Crippen molar-refractivity contribution in [2.24, 2.45) is 0 Å². The van der Waals surface area contributed by atoms with Gasteiger partial charge >= 0.3 is 0 Å². The zero-order valence-corrected chi connectivity index (χ0v) is 14.3. The molecule has 2 N–H and O–H groups in total. The lowest BCUT2D eigenvalue weighted by molar-refractivity contribution is -0.312. The molecule has 0 spiro atoms. The molecular formula is C16H15N2O6S-. The molecule has 9 heteroatoms. The van der Waals surface area contributed by atoms with Gasteiger partial charge in [0.2, 0.25) is 0 Å². The molecule has 1 heterocycles. The van der Waals surface area contributed by atoms with Crippen LogP contribution in [0.5, 0.6) is 11.5 Å². The third-order valence-corrected chi connectivity index (χ3v) is 3.36. The van der Waals surface area contributed by atoms with Gasteiger partial charge in [0.25, 0.3) is 11.8 Å². The second-order valence-corrected chi connectivity index (χ2v) is 5.42. The number of carboxylic acids is 1. The van der Waals surface area contributed by atoms with Crippen molar-refractivity contribution in [3.63, 3.8) is 0 Å². The second-order valence-electron chi connectivity index (χ2n) is 5.01. The molecule has 1 aliphatic rings. The van der Waals surface area contributed by atoms with Gasteiger partial charge in [-0.15, -0.1) is 0 Å². The first-order valence-electron chi connectivity index (χ1n) is 7.34. The van der Waals surface area contributed by atoms with E-state index in [4.69, 9.17) is 21.7 Å². The normalized spacial score (nSPS) is 15.1. The van der Waals surface area contributed by atoms with Crippen molar-refractivity contribution in [1.82, 2.24) is 10.6 Å². The molecule has 0 radical (unpaired) electrons. The smallest absolute Gasteiger partial charge is 0.263 e. The van der Waals surface area contributed by atoms with Crippen molar-refractivity contribution in [1.29, 1.82) is 0 Å². The molecule has 1 aromatic rings. The molecule has 0 aliphatic carbocycles. The van der Waals surface area contributed by atoms with E-state index in [9.17, 15) is 19.5 Å². The zero-order chi connectivity index (χ0) is 18.6. The van der Waals surface area contributed by atoms with E-state index in [-0.39, 0.29) is 22.2 Å². The number of hydrogen-bond donors (Lipinski definition) is 2. The van der Waals surface area contributed by atoms with Crippen molar-refractivity contribution in [3.8, 4) is 11.5 Å². The molecule has 1 fully saturated rings. The van der Waals surface area contributed by atoms with Crippen LogP contribution in [0.1, 0.15) is 19.4 Å². The number of thiocarbonyl (C=S) groups is 1. The Balaban J connectivity index is 2.33. The van der Waals surface area contributed by atoms with Gasteiger partial charge in [0.05, 0.1) is 12.6 Å². The SMILES string of the molecule is CCOc1cc(C=C2C(=O)NC(=S)NC2=O)ccc1O[C@@H](C)C(=O)[O-]. The van der Waals surface area contributed by atoms with E-state index >= 15 is 0 Å². The predicted octanol–water partition coefficient (Wildman–Crippen LogP) is -0.483. The summed E-state index contributed by atoms with van der Waals surface area (Å²) in [6.07, 6.45) is 0.195. The van der Waals surface area contributed by atoms with Gasteiger partial charge in [0.15, 0.2) is 16.6 Å². The Labute approximate surface area is 148 Å². The van der Waals surface area contributed by atoms with Crippen LogP contribution >= 0.6 is 12.2 Å². The van der Waals surface area contributed by atoms with E-state index in [0.717, 1.165) is 0 Å². The van der Waals surface area contributed by atoms with Crippen LogP contribution in [0.3, 0.4) is 0 Å². The van der Waals surface area contributed by atoms with Crippen molar-refractivity contribution in [3.05, 3.63) is 29.3 Å². The Morgan fingerprint density at radius 3 is 2.48 bits per heavy atom. The average molecular weight is 363 g/mol. The number of nitrogens with one attached hydrogen (secondary N) is 2. The Hall–Kier alpha value is -2.94. The van der Waals surface area contributed by atoms with Gasteiger partial charge in [-0.2, -0.15) is 0 Å². The third kappa shape index (κ3) is 4.54. The molecule has 0 unspecified atom stereocenters. The number of benzene rings is 1. The number of carbonyl (C=O) groups excluding carboxylic acids is 3. The standard InChI is InChI=1S/C16H16N2O6S/c1-3-23-12-7-9(4-5-11(12)24-8(2)15(21)22)6-10-13(19)17-16(25)18-14(10)20/h4-8H,3H2,1-2H3,(H,21,22)(H2,17,18,19,20,25)/p-1/t8-/m0/s1. The number of carbonyl (C=O) groups is 3. The maximum absolute atomic E-state index is 11.9. The molecule has 25 heavy (non-hydrogen) atoms. The monoisotopic (exact) mass is 363 g/mol. The van der Waals surface area contributed by atoms with Crippen LogP contribution < -0.4 is 25.2 Å². The first-order valence-corrected chi connectivity index (χ1v) is 7.75. The highest BCUT2D eigenvalue weighted by Crippen LogP contribution is 2.30. The summed E-state index contributed by atoms with van der Waals surface area (Å²) < 4.78 is 10.7. The van der Waals surface area contributed by atoms with Crippen LogP contribution in [-0.2, 0) is 14.4 Å². The van der Waals surface area contributed by atoms with E-state index in [2.05, 4.69) is 10.6 Å². The molecule has 1 saturated heterocycles. The summed E-state index contributed by atoms with van der Waals surface area (Å²) in [5.41, 5.74) is 0.373. The Morgan fingerprint density at radius 2 is 1.92 bits per heavy atom. The fraction of sp³-hybridized carbons (Fsp3) is 0.250. The number of rotatable bonds is 6. The average Bonchev–Trinajstić information content (AvgIpc) is 2.53. The van der Waals surface area contributed by atoms with Crippen LogP contribution in [0.4, 0.5) is 0 Å².